The Balaban J connectivity index is 1.51. The molecule has 1 aliphatic carbocycles. The van der Waals surface area contributed by atoms with Gasteiger partial charge in [0.1, 0.15) is 0 Å². The fourth-order valence-electron chi connectivity index (χ4n) is 4.35. The van der Waals surface area contributed by atoms with Gasteiger partial charge in [-0.3, -0.25) is 0 Å². The molecule has 0 spiro atoms. The summed E-state index contributed by atoms with van der Waals surface area (Å²) in [6.45, 7) is 7.70. The summed E-state index contributed by atoms with van der Waals surface area (Å²) in [5.74, 6) is 1.60. The second-order valence-corrected chi connectivity index (χ2v) is 8.32. The van der Waals surface area contributed by atoms with Crippen molar-refractivity contribution in [2.24, 2.45) is 5.92 Å². The third-order valence-electron chi connectivity index (χ3n) is 6.18. The normalized spacial score (nSPS) is 19.5. The summed E-state index contributed by atoms with van der Waals surface area (Å²) < 4.78 is 5.77. The van der Waals surface area contributed by atoms with E-state index >= 15 is 0 Å². The first kappa shape index (κ1) is 20.9. The maximum absolute atomic E-state index is 5.77. The van der Waals surface area contributed by atoms with Crippen molar-refractivity contribution in [1.82, 2.24) is 0 Å². The Labute approximate surface area is 171 Å². The summed E-state index contributed by atoms with van der Waals surface area (Å²) in [6.07, 6.45) is 12.3. The molecule has 1 fully saturated rings. The van der Waals surface area contributed by atoms with Gasteiger partial charge < -0.3 is 4.74 Å². The molecule has 1 nitrogen and oxygen atoms in total. The van der Waals surface area contributed by atoms with Crippen molar-refractivity contribution in [2.75, 3.05) is 6.61 Å². The van der Waals surface area contributed by atoms with Crippen LogP contribution >= 0.6 is 0 Å². The van der Waals surface area contributed by atoms with E-state index in [0.717, 1.165) is 31.5 Å². The molecule has 0 aliphatic heterocycles. The maximum Gasteiger partial charge on any atom is 0.0716 e. The first-order valence-corrected chi connectivity index (χ1v) is 11.2. The number of hydrogen-bond acceptors (Lipinski definition) is 1. The van der Waals surface area contributed by atoms with Gasteiger partial charge in [-0.15, -0.1) is 6.58 Å². The minimum atomic E-state index is 0.720. The van der Waals surface area contributed by atoms with Crippen LogP contribution in [0.2, 0.25) is 0 Å². The Morgan fingerprint density at radius 2 is 1.54 bits per heavy atom. The Kier molecular flexibility index (Phi) is 8.36. The van der Waals surface area contributed by atoms with E-state index in [-0.39, 0.29) is 0 Å². The topological polar surface area (TPSA) is 9.23 Å². The minimum Gasteiger partial charge on any atom is -0.377 e. The monoisotopic (exact) mass is 376 g/mol. The Bertz CT molecular complexity index is 690. The van der Waals surface area contributed by atoms with Crippen LogP contribution in [-0.4, -0.2) is 6.61 Å². The van der Waals surface area contributed by atoms with E-state index in [2.05, 4.69) is 68.1 Å². The summed E-state index contributed by atoms with van der Waals surface area (Å²) in [7, 11) is 0. The standard InChI is InChI=1S/C27H36O/c1-3-5-6-20-28-21-23-10-14-25(15-11-23)27-18-16-26(17-19-27)24-12-8-22(7-4-2)9-13-24/h4,10-11,14-19,22,24H,2-3,5-9,12-13,20-21H2,1H3. The van der Waals surface area contributed by atoms with Gasteiger partial charge in [0.05, 0.1) is 6.61 Å². The molecule has 0 amide bonds. The Morgan fingerprint density at radius 3 is 2.14 bits per heavy atom. The maximum atomic E-state index is 5.77. The van der Waals surface area contributed by atoms with Crippen LogP contribution in [-0.2, 0) is 11.3 Å². The molecule has 3 rings (SSSR count). The zero-order valence-corrected chi connectivity index (χ0v) is 17.5. The molecule has 150 valence electrons. The third-order valence-corrected chi connectivity index (χ3v) is 6.18. The van der Waals surface area contributed by atoms with Crippen molar-refractivity contribution in [3.8, 4) is 11.1 Å². The SMILES string of the molecule is C=CCC1CCC(c2ccc(-c3ccc(COCCCCC)cc3)cc2)CC1. The van der Waals surface area contributed by atoms with Crippen LogP contribution in [0.1, 0.15) is 75.3 Å². The highest BCUT2D eigenvalue weighted by Crippen LogP contribution is 2.37. The van der Waals surface area contributed by atoms with E-state index in [9.17, 15) is 0 Å². The second-order valence-electron chi connectivity index (χ2n) is 8.32. The summed E-state index contributed by atoms with van der Waals surface area (Å²) in [5, 5.41) is 0. The predicted molar refractivity (Wildman–Crippen MR) is 121 cm³/mol. The number of hydrogen-bond donors (Lipinski definition) is 0. The number of allylic oxidation sites excluding steroid dienone is 1. The zero-order valence-electron chi connectivity index (χ0n) is 17.5. The van der Waals surface area contributed by atoms with Crippen molar-refractivity contribution < 1.29 is 4.74 Å². The third kappa shape index (κ3) is 6.07. The lowest BCUT2D eigenvalue weighted by molar-refractivity contribution is 0.117. The van der Waals surface area contributed by atoms with Crippen molar-refractivity contribution in [3.63, 3.8) is 0 Å². The van der Waals surface area contributed by atoms with E-state index in [1.54, 1.807) is 0 Å². The quantitative estimate of drug-likeness (QED) is 0.302. The summed E-state index contributed by atoms with van der Waals surface area (Å²) in [6, 6.07) is 18.1. The highest BCUT2D eigenvalue weighted by Gasteiger charge is 2.21. The van der Waals surface area contributed by atoms with Crippen molar-refractivity contribution >= 4 is 0 Å². The molecule has 0 radical (unpaired) electrons. The fraction of sp³-hybridized carbons (Fsp3) is 0.481. The molecule has 1 aliphatic rings. The molecule has 1 saturated carbocycles. The second kappa shape index (κ2) is 11.2. The van der Waals surface area contributed by atoms with Crippen molar-refractivity contribution in [3.05, 3.63) is 72.3 Å². The van der Waals surface area contributed by atoms with E-state index in [1.165, 1.54) is 67.2 Å². The molecule has 0 atom stereocenters. The molecule has 0 saturated heterocycles. The van der Waals surface area contributed by atoms with Crippen LogP contribution in [0.25, 0.3) is 11.1 Å². The van der Waals surface area contributed by atoms with Crippen LogP contribution in [0.15, 0.2) is 61.2 Å². The molecule has 0 bridgehead atoms. The van der Waals surface area contributed by atoms with Crippen molar-refractivity contribution in [2.45, 2.75) is 70.8 Å². The van der Waals surface area contributed by atoms with Gasteiger partial charge in [0, 0.05) is 6.61 Å². The summed E-state index contributed by atoms with van der Waals surface area (Å²) in [4.78, 5) is 0. The van der Waals surface area contributed by atoms with Crippen LogP contribution in [0.5, 0.6) is 0 Å². The lowest BCUT2D eigenvalue weighted by Crippen LogP contribution is -2.12. The number of unbranched alkanes of at least 4 members (excludes halogenated alkanes) is 2. The van der Waals surface area contributed by atoms with Crippen LogP contribution in [0.4, 0.5) is 0 Å². The first-order valence-electron chi connectivity index (χ1n) is 11.2. The fourth-order valence-corrected chi connectivity index (χ4v) is 4.35. The van der Waals surface area contributed by atoms with Gasteiger partial charge in [-0.25, -0.2) is 0 Å². The molecule has 0 aromatic heterocycles. The van der Waals surface area contributed by atoms with E-state index < -0.39 is 0 Å². The molecule has 2 aromatic carbocycles. The van der Waals surface area contributed by atoms with Gasteiger partial charge in [0.25, 0.3) is 0 Å². The van der Waals surface area contributed by atoms with Crippen LogP contribution < -0.4 is 0 Å². The minimum absolute atomic E-state index is 0.720. The summed E-state index contributed by atoms with van der Waals surface area (Å²) >= 11 is 0. The van der Waals surface area contributed by atoms with Gasteiger partial charge in [-0.2, -0.15) is 0 Å². The highest BCUT2D eigenvalue weighted by atomic mass is 16.5. The average Bonchev–Trinajstić information content (AvgIpc) is 2.75. The van der Waals surface area contributed by atoms with Crippen LogP contribution in [0.3, 0.4) is 0 Å². The zero-order chi connectivity index (χ0) is 19.6. The molecule has 0 heterocycles. The number of benzene rings is 2. The largest absolute Gasteiger partial charge is 0.377 e. The lowest BCUT2D eigenvalue weighted by Gasteiger charge is -2.28. The highest BCUT2D eigenvalue weighted by molar-refractivity contribution is 5.64. The molecule has 28 heavy (non-hydrogen) atoms. The smallest absolute Gasteiger partial charge is 0.0716 e. The number of ether oxygens (including phenoxy) is 1. The van der Waals surface area contributed by atoms with E-state index in [4.69, 9.17) is 4.74 Å². The van der Waals surface area contributed by atoms with E-state index in [1.807, 2.05) is 0 Å². The lowest BCUT2D eigenvalue weighted by atomic mass is 9.77. The summed E-state index contributed by atoms with van der Waals surface area (Å²) in [5.41, 5.74) is 5.36. The van der Waals surface area contributed by atoms with Gasteiger partial charge in [-0.05, 0) is 72.6 Å². The van der Waals surface area contributed by atoms with Crippen molar-refractivity contribution in [1.29, 1.82) is 0 Å². The van der Waals surface area contributed by atoms with Gasteiger partial charge in [0.15, 0.2) is 0 Å². The Morgan fingerprint density at radius 1 is 0.893 bits per heavy atom. The first-order chi connectivity index (χ1) is 13.8. The van der Waals surface area contributed by atoms with Crippen LogP contribution in [0, 0.1) is 5.92 Å². The predicted octanol–water partition coefficient (Wildman–Crippen LogP) is 7.91. The molecular formula is C27H36O. The molecule has 1 heteroatoms. The number of rotatable bonds is 10. The average molecular weight is 377 g/mol. The molecule has 0 N–H and O–H groups in total. The molecular weight excluding hydrogens is 340 g/mol. The molecule has 0 unspecified atom stereocenters. The molecule has 2 aromatic rings. The van der Waals surface area contributed by atoms with Gasteiger partial charge in [0.2, 0.25) is 0 Å². The van der Waals surface area contributed by atoms with Gasteiger partial charge >= 0.3 is 0 Å². The van der Waals surface area contributed by atoms with Gasteiger partial charge in [-0.1, -0.05) is 74.4 Å². The Hall–Kier alpha value is -1.86. The van der Waals surface area contributed by atoms with E-state index in [0.29, 0.717) is 0 Å².